The molecule has 1 rings (SSSR count). The second kappa shape index (κ2) is 6.44. The number of hydrogen-bond acceptors (Lipinski definition) is 4. The van der Waals surface area contributed by atoms with Crippen molar-refractivity contribution >= 4 is 21.6 Å². The molecule has 4 N–H and O–H groups in total. The number of anilines is 1. The Morgan fingerprint density at radius 2 is 1.90 bits per heavy atom. The number of benzene rings is 1. The summed E-state index contributed by atoms with van der Waals surface area (Å²) < 4.78 is 26.9. The molecule has 0 heterocycles. The van der Waals surface area contributed by atoms with Crippen molar-refractivity contribution in [1.29, 1.82) is 0 Å². The van der Waals surface area contributed by atoms with Gasteiger partial charge >= 0.3 is 0 Å². The van der Waals surface area contributed by atoms with E-state index in [1.54, 1.807) is 12.1 Å². The molecule has 0 atom stereocenters. The largest absolute Gasteiger partial charge is 0.399 e. The molecule has 0 unspecified atom stereocenters. The van der Waals surface area contributed by atoms with Crippen LogP contribution >= 0.6 is 0 Å². The zero-order chi connectivity index (χ0) is 16.3. The third-order valence-electron chi connectivity index (χ3n) is 2.70. The average Bonchev–Trinajstić information content (AvgIpc) is 2.34. The third kappa shape index (κ3) is 5.35. The highest BCUT2D eigenvalue weighted by atomic mass is 32.2. The number of hydrogen-bond donors (Lipinski definition) is 3. The van der Waals surface area contributed by atoms with E-state index in [4.69, 9.17) is 5.73 Å². The number of sulfonamides is 1. The summed E-state index contributed by atoms with van der Waals surface area (Å²) in [7, 11) is -3.77. The molecule has 1 aromatic carbocycles. The van der Waals surface area contributed by atoms with E-state index < -0.39 is 15.6 Å². The maximum absolute atomic E-state index is 12.3. The fraction of sp³-hybridized carbons (Fsp3) is 0.500. The number of amides is 1. The van der Waals surface area contributed by atoms with Crippen LogP contribution in [0.5, 0.6) is 0 Å². The van der Waals surface area contributed by atoms with Crippen LogP contribution in [0.2, 0.25) is 0 Å². The molecule has 1 aromatic rings. The lowest BCUT2D eigenvalue weighted by molar-refractivity contribution is -0.121. The molecule has 0 spiro atoms. The van der Waals surface area contributed by atoms with E-state index in [0.29, 0.717) is 17.7 Å². The second-order valence-corrected chi connectivity index (χ2v) is 7.58. The normalized spacial score (nSPS) is 12.2. The Kier molecular flexibility index (Phi) is 5.36. The molecule has 0 saturated carbocycles. The van der Waals surface area contributed by atoms with Gasteiger partial charge in [0.25, 0.3) is 0 Å². The van der Waals surface area contributed by atoms with Gasteiger partial charge in [-0.25, -0.2) is 13.1 Å². The Morgan fingerprint density at radius 3 is 2.43 bits per heavy atom. The van der Waals surface area contributed by atoms with Crippen LogP contribution in [0.1, 0.15) is 33.3 Å². The Bertz CT molecular complexity index is 619. The van der Waals surface area contributed by atoms with E-state index in [1.165, 1.54) is 6.07 Å². The summed E-state index contributed by atoms with van der Waals surface area (Å²) in [6.07, 6.45) is 0.560. The van der Waals surface area contributed by atoms with Gasteiger partial charge in [-0.1, -0.05) is 13.0 Å². The first-order chi connectivity index (χ1) is 9.55. The number of nitrogens with two attached hydrogens (primary N) is 1. The van der Waals surface area contributed by atoms with E-state index in [1.807, 2.05) is 27.7 Å². The predicted molar refractivity (Wildman–Crippen MR) is 83.3 cm³/mol. The fourth-order valence-corrected chi connectivity index (χ4v) is 3.14. The van der Waals surface area contributed by atoms with Gasteiger partial charge in [0.2, 0.25) is 15.9 Å². The number of nitrogen functional groups attached to an aromatic ring is 1. The van der Waals surface area contributed by atoms with E-state index in [-0.39, 0.29) is 17.3 Å². The molecular weight excluding hydrogens is 290 g/mol. The number of nitrogens with one attached hydrogen (secondary N) is 2. The maximum atomic E-state index is 12.3. The minimum atomic E-state index is -3.77. The quantitative estimate of drug-likeness (QED) is 0.706. The summed E-state index contributed by atoms with van der Waals surface area (Å²) in [5.74, 6) is -0.381. The first-order valence-electron chi connectivity index (χ1n) is 6.74. The highest BCUT2D eigenvalue weighted by Crippen LogP contribution is 2.19. The van der Waals surface area contributed by atoms with Crippen LogP contribution in [0.15, 0.2) is 23.1 Å². The number of carbonyl (C=O) groups is 1. The summed E-state index contributed by atoms with van der Waals surface area (Å²) in [6, 6.07) is 4.74. The van der Waals surface area contributed by atoms with Gasteiger partial charge in [-0.05, 0) is 44.9 Å². The lowest BCUT2D eigenvalue weighted by Gasteiger charge is -2.20. The SMILES string of the molecule is CCc1ccc(N)cc1S(=O)(=O)NCC(=O)NC(C)(C)C. The molecule has 118 valence electrons. The summed E-state index contributed by atoms with van der Waals surface area (Å²) >= 11 is 0. The van der Waals surface area contributed by atoms with E-state index >= 15 is 0 Å². The van der Waals surface area contributed by atoms with Crippen LogP contribution < -0.4 is 15.8 Å². The van der Waals surface area contributed by atoms with Crippen molar-refractivity contribution < 1.29 is 13.2 Å². The highest BCUT2D eigenvalue weighted by Gasteiger charge is 2.20. The van der Waals surface area contributed by atoms with Gasteiger partial charge in [-0.15, -0.1) is 0 Å². The minimum absolute atomic E-state index is 0.119. The van der Waals surface area contributed by atoms with Gasteiger partial charge in [0.1, 0.15) is 0 Å². The molecule has 21 heavy (non-hydrogen) atoms. The van der Waals surface area contributed by atoms with Crippen LogP contribution in [0.3, 0.4) is 0 Å². The van der Waals surface area contributed by atoms with Crippen molar-refractivity contribution in [1.82, 2.24) is 10.0 Å². The molecule has 0 fully saturated rings. The molecule has 0 aliphatic heterocycles. The second-order valence-electron chi connectivity index (χ2n) is 5.84. The number of rotatable bonds is 5. The van der Waals surface area contributed by atoms with Crippen LogP contribution in [0, 0.1) is 0 Å². The van der Waals surface area contributed by atoms with Gasteiger partial charge in [-0.3, -0.25) is 4.79 Å². The number of aryl methyl sites for hydroxylation is 1. The topological polar surface area (TPSA) is 101 Å². The van der Waals surface area contributed by atoms with E-state index in [2.05, 4.69) is 10.0 Å². The zero-order valence-corrected chi connectivity index (χ0v) is 13.7. The smallest absolute Gasteiger partial charge is 0.241 e. The molecule has 0 aromatic heterocycles. The molecule has 0 aliphatic rings. The molecule has 6 nitrogen and oxygen atoms in total. The van der Waals surface area contributed by atoms with Gasteiger partial charge in [0.05, 0.1) is 11.4 Å². The van der Waals surface area contributed by atoms with Crippen molar-refractivity contribution in [3.05, 3.63) is 23.8 Å². The predicted octanol–water partition coefficient (Wildman–Crippen LogP) is 1.02. The summed E-state index contributed by atoms with van der Waals surface area (Å²) in [4.78, 5) is 11.8. The molecular formula is C14H23N3O3S. The first-order valence-corrected chi connectivity index (χ1v) is 8.22. The summed E-state index contributed by atoms with van der Waals surface area (Å²) in [5.41, 5.74) is 6.27. The van der Waals surface area contributed by atoms with Gasteiger partial charge in [-0.2, -0.15) is 0 Å². The summed E-state index contributed by atoms with van der Waals surface area (Å²) in [6.45, 7) is 7.03. The third-order valence-corrected chi connectivity index (χ3v) is 4.18. The van der Waals surface area contributed by atoms with Crippen molar-refractivity contribution in [2.45, 2.75) is 44.6 Å². The minimum Gasteiger partial charge on any atom is -0.399 e. The van der Waals surface area contributed by atoms with Crippen molar-refractivity contribution in [2.75, 3.05) is 12.3 Å². The lowest BCUT2D eigenvalue weighted by Crippen LogP contribution is -2.45. The van der Waals surface area contributed by atoms with Crippen LogP contribution in [-0.4, -0.2) is 26.4 Å². The number of carbonyl (C=O) groups excluding carboxylic acids is 1. The van der Waals surface area contributed by atoms with Crippen LogP contribution in [0.4, 0.5) is 5.69 Å². The van der Waals surface area contributed by atoms with Crippen molar-refractivity contribution in [3.8, 4) is 0 Å². The van der Waals surface area contributed by atoms with E-state index in [0.717, 1.165) is 0 Å². The zero-order valence-electron chi connectivity index (χ0n) is 12.9. The van der Waals surface area contributed by atoms with Crippen molar-refractivity contribution in [2.24, 2.45) is 0 Å². The Labute approximate surface area is 126 Å². The Morgan fingerprint density at radius 1 is 1.29 bits per heavy atom. The van der Waals surface area contributed by atoms with Gasteiger partial charge in [0.15, 0.2) is 0 Å². The van der Waals surface area contributed by atoms with Gasteiger partial charge in [0, 0.05) is 11.2 Å². The molecule has 1 amide bonds. The van der Waals surface area contributed by atoms with Crippen LogP contribution in [-0.2, 0) is 21.2 Å². The van der Waals surface area contributed by atoms with Gasteiger partial charge < -0.3 is 11.1 Å². The molecule has 0 aliphatic carbocycles. The standard InChI is InChI=1S/C14H23N3O3S/c1-5-10-6-7-11(15)8-12(10)21(19,20)16-9-13(18)17-14(2,3)4/h6-8,16H,5,9,15H2,1-4H3,(H,17,18). The Balaban J connectivity index is 2.88. The van der Waals surface area contributed by atoms with Crippen LogP contribution in [0.25, 0.3) is 0 Å². The monoisotopic (exact) mass is 313 g/mol. The highest BCUT2D eigenvalue weighted by molar-refractivity contribution is 7.89. The molecule has 0 saturated heterocycles. The Hall–Kier alpha value is -1.60. The van der Waals surface area contributed by atoms with Crippen molar-refractivity contribution in [3.63, 3.8) is 0 Å². The molecule has 0 radical (unpaired) electrons. The maximum Gasteiger partial charge on any atom is 0.241 e. The first kappa shape index (κ1) is 17.5. The van der Waals surface area contributed by atoms with E-state index in [9.17, 15) is 13.2 Å². The molecule has 0 bridgehead atoms. The lowest BCUT2D eigenvalue weighted by atomic mass is 10.1. The fourth-order valence-electron chi connectivity index (χ4n) is 1.81. The summed E-state index contributed by atoms with van der Waals surface area (Å²) in [5, 5.41) is 2.69. The molecule has 7 heteroatoms. The average molecular weight is 313 g/mol.